The van der Waals surface area contributed by atoms with E-state index in [4.69, 9.17) is 24.2 Å². The van der Waals surface area contributed by atoms with Gasteiger partial charge in [0.2, 0.25) is 5.79 Å². The number of aliphatic hydroxyl groups is 2. The molecule has 7 rings (SSSR count). The maximum absolute atomic E-state index is 15.4. The minimum absolute atomic E-state index is 0.0660. The molecule has 1 amide bonds. The van der Waals surface area contributed by atoms with Crippen molar-refractivity contribution in [2.24, 2.45) is 22.9 Å². The maximum atomic E-state index is 15.4. The van der Waals surface area contributed by atoms with E-state index in [1.165, 1.54) is 0 Å². The molecule has 0 aromatic heterocycles. The fourth-order valence-electron chi connectivity index (χ4n) is 9.79. The summed E-state index contributed by atoms with van der Waals surface area (Å²) in [6.45, 7) is 8.81. The van der Waals surface area contributed by atoms with Crippen LogP contribution in [0.3, 0.4) is 0 Å². The standard InChI is InChI=1S/C50H55N3O7/c1-4-27-58-39-23-24-45-43(30-39)47-41(18-9-11-26-55)37(14-8-10-25-54)29-42-44(52-57-3)31-46(50(60-45,48(42)47)59-28-5-2)53(49(56)36-21-19-34(32-51)20-22-36)33-38-16-12-15-35-13-6-7-17-40(35)38/h4-7,12-13,15-17,19-24,29-30,37,41,46-48,54-55H,1-2,8-11,14,18,25-28,31,33H2,3H3. The molecule has 3 aliphatic rings. The first-order valence-electron chi connectivity index (χ1n) is 21.0. The first kappa shape index (κ1) is 42.4. The Bertz CT molecular complexity index is 2260. The predicted octanol–water partition coefficient (Wildman–Crippen LogP) is 8.88. The molecular formula is C50H55N3O7. The van der Waals surface area contributed by atoms with Crippen LogP contribution in [-0.4, -0.2) is 72.1 Å². The highest BCUT2D eigenvalue weighted by atomic mass is 16.7. The number of nitrogens with zero attached hydrogens (tertiary/aromatic N) is 3. The zero-order valence-electron chi connectivity index (χ0n) is 34.4. The number of oxime groups is 1. The van der Waals surface area contributed by atoms with E-state index in [-0.39, 0.29) is 56.4 Å². The monoisotopic (exact) mass is 809 g/mol. The van der Waals surface area contributed by atoms with Gasteiger partial charge in [0.15, 0.2) is 0 Å². The van der Waals surface area contributed by atoms with Crippen LogP contribution < -0.4 is 9.47 Å². The van der Waals surface area contributed by atoms with Gasteiger partial charge < -0.3 is 34.2 Å². The highest BCUT2D eigenvalue weighted by molar-refractivity contribution is 6.03. The molecule has 1 aliphatic heterocycles. The topological polar surface area (TPSA) is 134 Å². The summed E-state index contributed by atoms with van der Waals surface area (Å²) in [4.78, 5) is 22.9. The minimum atomic E-state index is -1.44. The van der Waals surface area contributed by atoms with E-state index in [0.29, 0.717) is 47.8 Å². The van der Waals surface area contributed by atoms with E-state index >= 15 is 4.79 Å². The van der Waals surface area contributed by atoms with E-state index in [1.807, 2.05) is 35.2 Å². The van der Waals surface area contributed by atoms with Gasteiger partial charge in [-0.15, -0.1) is 6.58 Å². The number of hydrogen-bond donors (Lipinski definition) is 2. The van der Waals surface area contributed by atoms with Gasteiger partial charge in [0.1, 0.15) is 31.3 Å². The van der Waals surface area contributed by atoms with Crippen LogP contribution in [0.2, 0.25) is 0 Å². The molecular weight excluding hydrogens is 755 g/mol. The van der Waals surface area contributed by atoms with Gasteiger partial charge in [-0.2, -0.15) is 5.26 Å². The number of aliphatic hydroxyl groups excluding tert-OH is 2. The molecule has 0 bridgehead atoms. The zero-order chi connectivity index (χ0) is 42.1. The van der Waals surface area contributed by atoms with Crippen molar-refractivity contribution in [3.63, 3.8) is 0 Å². The first-order chi connectivity index (χ1) is 29.4. The van der Waals surface area contributed by atoms with Gasteiger partial charge in [0.05, 0.1) is 29.9 Å². The molecule has 10 nitrogen and oxygen atoms in total. The summed E-state index contributed by atoms with van der Waals surface area (Å²) in [7, 11) is 1.54. The summed E-state index contributed by atoms with van der Waals surface area (Å²) >= 11 is 0. The summed E-state index contributed by atoms with van der Waals surface area (Å²) in [6, 6.07) is 28.3. The summed E-state index contributed by atoms with van der Waals surface area (Å²) in [6.07, 6.45) is 10.6. The molecule has 10 heteroatoms. The number of unbranched alkanes of at least 4 members (excludes halogenated alkanes) is 2. The van der Waals surface area contributed by atoms with Crippen molar-refractivity contribution in [2.45, 2.75) is 69.2 Å². The number of fused-ring (bicyclic) bond motifs is 3. The number of amides is 1. The van der Waals surface area contributed by atoms with Crippen molar-refractivity contribution in [3.05, 3.63) is 144 Å². The molecule has 1 saturated carbocycles. The number of rotatable bonds is 19. The van der Waals surface area contributed by atoms with Crippen molar-refractivity contribution in [2.75, 3.05) is 33.5 Å². The molecule has 0 saturated heterocycles. The largest absolute Gasteiger partial charge is 0.490 e. The number of carbonyl (C=O) groups excluding carboxylic acids is 1. The van der Waals surface area contributed by atoms with Gasteiger partial charge in [-0.3, -0.25) is 4.79 Å². The molecule has 6 atom stereocenters. The lowest BCUT2D eigenvalue weighted by Gasteiger charge is -2.60. The fourth-order valence-corrected chi connectivity index (χ4v) is 9.79. The summed E-state index contributed by atoms with van der Waals surface area (Å²) < 4.78 is 20.7. The van der Waals surface area contributed by atoms with Gasteiger partial charge >= 0.3 is 0 Å². The SMILES string of the molecule is C=CCOc1ccc2c(c1)C1C(CCCCO)C(CCCCO)C=C3C(=NOC)CC(N(Cc4cccc5ccccc45)C(=O)c4ccc(C#N)cc4)C(OCC=C)(O2)C31. The molecule has 2 aliphatic carbocycles. The van der Waals surface area contributed by atoms with E-state index in [0.717, 1.165) is 53.2 Å². The van der Waals surface area contributed by atoms with Crippen molar-refractivity contribution in [3.8, 4) is 17.6 Å². The van der Waals surface area contributed by atoms with E-state index in [2.05, 4.69) is 55.6 Å². The quantitative estimate of drug-likeness (QED) is 0.0545. The Hall–Kier alpha value is -5.73. The molecule has 4 aromatic carbocycles. The number of allylic oxidation sites excluding steroid dienone is 1. The molecule has 6 unspecified atom stereocenters. The van der Waals surface area contributed by atoms with Gasteiger partial charge in [-0.25, -0.2) is 0 Å². The van der Waals surface area contributed by atoms with Gasteiger partial charge in [0.25, 0.3) is 5.91 Å². The number of hydrogen-bond acceptors (Lipinski definition) is 9. The molecule has 312 valence electrons. The Morgan fingerprint density at radius 2 is 1.72 bits per heavy atom. The second-order valence-corrected chi connectivity index (χ2v) is 15.8. The molecule has 4 aromatic rings. The van der Waals surface area contributed by atoms with Crippen LogP contribution in [0, 0.1) is 29.1 Å². The molecule has 1 fully saturated rings. The Morgan fingerprint density at radius 1 is 0.967 bits per heavy atom. The Balaban J connectivity index is 1.49. The maximum Gasteiger partial charge on any atom is 0.254 e. The first-order valence-corrected chi connectivity index (χ1v) is 21.0. The van der Waals surface area contributed by atoms with Crippen LogP contribution >= 0.6 is 0 Å². The third-order valence-electron chi connectivity index (χ3n) is 12.3. The molecule has 1 heterocycles. The average Bonchev–Trinajstić information content (AvgIpc) is 3.28. The highest BCUT2D eigenvalue weighted by Crippen LogP contribution is 2.62. The molecule has 0 radical (unpaired) electrons. The van der Waals surface area contributed by atoms with Crippen LogP contribution in [0.5, 0.6) is 11.5 Å². The van der Waals surface area contributed by atoms with Crippen LogP contribution in [0.4, 0.5) is 0 Å². The summed E-state index contributed by atoms with van der Waals surface area (Å²) in [5.41, 5.74) is 4.46. The number of ether oxygens (including phenoxy) is 3. The van der Waals surface area contributed by atoms with Gasteiger partial charge in [-0.1, -0.05) is 85.3 Å². The smallest absolute Gasteiger partial charge is 0.254 e. The minimum Gasteiger partial charge on any atom is -0.490 e. The van der Waals surface area contributed by atoms with Crippen molar-refractivity contribution in [1.29, 1.82) is 5.26 Å². The summed E-state index contributed by atoms with van der Waals surface area (Å²) in [5.74, 6) is -0.866. The average molecular weight is 810 g/mol. The van der Waals surface area contributed by atoms with Crippen molar-refractivity contribution < 1.29 is 34.1 Å². The van der Waals surface area contributed by atoms with E-state index < -0.39 is 17.7 Å². The third-order valence-corrected chi connectivity index (χ3v) is 12.3. The van der Waals surface area contributed by atoms with Crippen LogP contribution in [0.25, 0.3) is 10.8 Å². The zero-order valence-corrected chi connectivity index (χ0v) is 34.4. The Kier molecular flexibility index (Phi) is 13.8. The lowest BCUT2D eigenvalue weighted by molar-refractivity contribution is -0.255. The van der Waals surface area contributed by atoms with Gasteiger partial charge in [0, 0.05) is 43.2 Å². The van der Waals surface area contributed by atoms with E-state index in [1.54, 1.807) is 43.5 Å². The van der Waals surface area contributed by atoms with Crippen molar-refractivity contribution >= 4 is 22.4 Å². The van der Waals surface area contributed by atoms with Crippen LogP contribution in [-0.2, 0) is 16.1 Å². The lowest BCUT2D eigenvalue weighted by atomic mass is 9.55. The van der Waals surface area contributed by atoms with E-state index in [9.17, 15) is 15.5 Å². The molecule has 60 heavy (non-hydrogen) atoms. The number of nitriles is 1. The predicted molar refractivity (Wildman–Crippen MR) is 233 cm³/mol. The van der Waals surface area contributed by atoms with Crippen LogP contribution in [0.15, 0.2) is 127 Å². The lowest BCUT2D eigenvalue weighted by Crippen LogP contribution is -2.70. The molecule has 2 N–H and O–H groups in total. The molecule has 0 spiro atoms. The third kappa shape index (κ3) is 8.48. The second-order valence-electron chi connectivity index (χ2n) is 15.8. The Morgan fingerprint density at radius 3 is 2.45 bits per heavy atom. The number of carbonyl (C=O) groups is 1. The van der Waals surface area contributed by atoms with Crippen molar-refractivity contribution in [1.82, 2.24) is 4.90 Å². The highest BCUT2D eigenvalue weighted by Gasteiger charge is 2.65. The van der Waals surface area contributed by atoms with Crippen LogP contribution in [0.1, 0.15) is 77.9 Å². The number of benzene rings is 4. The van der Waals surface area contributed by atoms with Gasteiger partial charge in [-0.05, 0) is 102 Å². The summed E-state index contributed by atoms with van der Waals surface area (Å²) in [5, 5.41) is 36.2. The fraction of sp³-hybridized carbons (Fsp3) is 0.380. The second kappa shape index (κ2) is 19.6. The normalized spacial score (nSPS) is 23.3. The Labute approximate surface area is 353 Å².